The second-order valence-corrected chi connectivity index (χ2v) is 3.94. The van der Waals surface area contributed by atoms with Gasteiger partial charge in [0.2, 0.25) is 0 Å². The summed E-state index contributed by atoms with van der Waals surface area (Å²) in [5.41, 5.74) is 0. The van der Waals surface area contributed by atoms with Crippen molar-refractivity contribution in [2.45, 2.75) is 26.3 Å². The molecular weight excluding hydrogens is 190 g/mol. The first kappa shape index (κ1) is 12.0. The van der Waals surface area contributed by atoms with Gasteiger partial charge in [-0.15, -0.1) is 0 Å². The molecule has 4 heteroatoms. The highest BCUT2D eigenvalue weighted by molar-refractivity contribution is 5.11. The maximum atomic E-state index is 5.57. The van der Waals surface area contributed by atoms with Crippen LogP contribution in [-0.4, -0.2) is 41.9 Å². The average Bonchev–Trinajstić information content (AvgIpc) is 2.61. The van der Waals surface area contributed by atoms with Gasteiger partial charge in [0.15, 0.2) is 5.75 Å². The van der Waals surface area contributed by atoms with Crippen LogP contribution in [-0.2, 0) is 6.54 Å². The van der Waals surface area contributed by atoms with Crippen LogP contribution in [0.4, 0.5) is 0 Å². The standard InChI is InChI=1S/C11H21N3O/c1-4-6-14-10-11(9-12-14)15-8-5-7-13(2)3/h9-10H,4-8H2,1-3H3. The fourth-order valence-electron chi connectivity index (χ4n) is 1.34. The Morgan fingerprint density at radius 1 is 1.47 bits per heavy atom. The maximum Gasteiger partial charge on any atom is 0.157 e. The molecule has 0 fully saturated rings. The summed E-state index contributed by atoms with van der Waals surface area (Å²) < 4.78 is 7.49. The van der Waals surface area contributed by atoms with Crippen molar-refractivity contribution < 1.29 is 4.74 Å². The van der Waals surface area contributed by atoms with Gasteiger partial charge in [0.25, 0.3) is 0 Å². The Balaban J connectivity index is 2.19. The quantitative estimate of drug-likeness (QED) is 0.642. The van der Waals surface area contributed by atoms with Crippen molar-refractivity contribution in [3.63, 3.8) is 0 Å². The minimum Gasteiger partial charge on any atom is -0.490 e. The highest BCUT2D eigenvalue weighted by Crippen LogP contribution is 2.08. The molecule has 0 spiro atoms. The van der Waals surface area contributed by atoms with E-state index in [1.807, 2.05) is 10.9 Å². The molecule has 0 unspecified atom stereocenters. The molecule has 0 bridgehead atoms. The summed E-state index contributed by atoms with van der Waals surface area (Å²) in [5, 5.41) is 4.20. The SMILES string of the molecule is CCCn1cc(OCCCN(C)C)cn1. The highest BCUT2D eigenvalue weighted by Gasteiger charge is 1.98. The lowest BCUT2D eigenvalue weighted by molar-refractivity contribution is 0.281. The van der Waals surface area contributed by atoms with E-state index >= 15 is 0 Å². The number of rotatable bonds is 7. The summed E-state index contributed by atoms with van der Waals surface area (Å²) in [6.07, 6.45) is 5.89. The Hall–Kier alpha value is -1.03. The smallest absolute Gasteiger partial charge is 0.157 e. The Kier molecular flexibility index (Phi) is 5.18. The molecule has 0 aromatic carbocycles. The van der Waals surface area contributed by atoms with Crippen molar-refractivity contribution in [1.29, 1.82) is 0 Å². The molecule has 0 radical (unpaired) electrons. The molecule has 1 aromatic rings. The molecule has 1 rings (SSSR count). The van der Waals surface area contributed by atoms with E-state index in [-0.39, 0.29) is 0 Å². The lowest BCUT2D eigenvalue weighted by atomic mass is 10.4. The van der Waals surface area contributed by atoms with Crippen molar-refractivity contribution in [2.24, 2.45) is 0 Å². The Morgan fingerprint density at radius 2 is 2.27 bits per heavy atom. The lowest BCUT2D eigenvalue weighted by Crippen LogP contribution is -2.15. The zero-order chi connectivity index (χ0) is 11.1. The summed E-state index contributed by atoms with van der Waals surface area (Å²) in [7, 11) is 4.14. The summed E-state index contributed by atoms with van der Waals surface area (Å²) in [6.45, 7) is 4.92. The van der Waals surface area contributed by atoms with Gasteiger partial charge in [-0.05, 0) is 26.9 Å². The van der Waals surface area contributed by atoms with Gasteiger partial charge < -0.3 is 9.64 Å². The number of hydrogen-bond acceptors (Lipinski definition) is 3. The first-order valence-corrected chi connectivity index (χ1v) is 5.52. The van der Waals surface area contributed by atoms with Gasteiger partial charge in [-0.2, -0.15) is 5.10 Å². The van der Waals surface area contributed by atoms with Gasteiger partial charge in [0.05, 0.1) is 19.0 Å². The fourth-order valence-corrected chi connectivity index (χ4v) is 1.34. The Bertz CT molecular complexity index is 271. The topological polar surface area (TPSA) is 30.3 Å². The van der Waals surface area contributed by atoms with Crippen LogP contribution in [0.25, 0.3) is 0 Å². The second kappa shape index (κ2) is 6.45. The minimum absolute atomic E-state index is 0.760. The van der Waals surface area contributed by atoms with Gasteiger partial charge in [0, 0.05) is 13.1 Å². The Morgan fingerprint density at radius 3 is 2.93 bits per heavy atom. The van der Waals surface area contributed by atoms with E-state index in [0.717, 1.165) is 38.3 Å². The predicted molar refractivity (Wildman–Crippen MR) is 61.2 cm³/mol. The van der Waals surface area contributed by atoms with E-state index in [4.69, 9.17) is 4.74 Å². The van der Waals surface area contributed by atoms with Gasteiger partial charge in [-0.25, -0.2) is 0 Å². The number of ether oxygens (including phenoxy) is 1. The zero-order valence-electron chi connectivity index (χ0n) is 9.94. The number of aryl methyl sites for hydroxylation is 1. The average molecular weight is 211 g/mol. The summed E-state index contributed by atoms with van der Waals surface area (Å²) in [6, 6.07) is 0. The number of hydrogen-bond donors (Lipinski definition) is 0. The van der Waals surface area contributed by atoms with Crippen LogP contribution in [0.3, 0.4) is 0 Å². The molecule has 86 valence electrons. The molecule has 0 amide bonds. The van der Waals surface area contributed by atoms with E-state index in [1.165, 1.54) is 0 Å². The molecule has 0 saturated heterocycles. The molecule has 0 atom stereocenters. The predicted octanol–water partition coefficient (Wildman–Crippen LogP) is 1.62. The van der Waals surface area contributed by atoms with Crippen molar-refractivity contribution in [2.75, 3.05) is 27.2 Å². The van der Waals surface area contributed by atoms with E-state index in [2.05, 4.69) is 31.0 Å². The van der Waals surface area contributed by atoms with Crippen LogP contribution in [0.15, 0.2) is 12.4 Å². The fraction of sp³-hybridized carbons (Fsp3) is 0.727. The summed E-state index contributed by atoms with van der Waals surface area (Å²) >= 11 is 0. The zero-order valence-corrected chi connectivity index (χ0v) is 9.94. The Labute approximate surface area is 91.8 Å². The summed E-state index contributed by atoms with van der Waals surface area (Å²) in [4.78, 5) is 2.16. The van der Waals surface area contributed by atoms with Crippen LogP contribution in [0, 0.1) is 0 Å². The third kappa shape index (κ3) is 4.83. The number of nitrogens with zero attached hydrogens (tertiary/aromatic N) is 3. The van der Waals surface area contributed by atoms with E-state index in [1.54, 1.807) is 6.20 Å². The summed E-state index contributed by atoms with van der Waals surface area (Å²) in [5.74, 6) is 0.877. The monoisotopic (exact) mass is 211 g/mol. The van der Waals surface area contributed by atoms with Gasteiger partial charge in [-0.1, -0.05) is 6.92 Å². The van der Waals surface area contributed by atoms with E-state index in [9.17, 15) is 0 Å². The lowest BCUT2D eigenvalue weighted by Gasteiger charge is -2.08. The van der Waals surface area contributed by atoms with Gasteiger partial charge >= 0.3 is 0 Å². The van der Waals surface area contributed by atoms with Crippen LogP contribution in [0.5, 0.6) is 5.75 Å². The normalized spacial score (nSPS) is 10.9. The first-order chi connectivity index (χ1) is 7.22. The van der Waals surface area contributed by atoms with Crippen LogP contribution >= 0.6 is 0 Å². The molecule has 0 aliphatic heterocycles. The third-order valence-corrected chi connectivity index (χ3v) is 2.08. The van der Waals surface area contributed by atoms with Crippen molar-refractivity contribution >= 4 is 0 Å². The number of aromatic nitrogens is 2. The van der Waals surface area contributed by atoms with Crippen LogP contribution < -0.4 is 4.74 Å². The molecule has 0 aliphatic carbocycles. The molecular formula is C11H21N3O. The van der Waals surface area contributed by atoms with Crippen molar-refractivity contribution in [3.05, 3.63) is 12.4 Å². The van der Waals surface area contributed by atoms with Crippen LogP contribution in [0.2, 0.25) is 0 Å². The second-order valence-electron chi connectivity index (χ2n) is 3.94. The first-order valence-electron chi connectivity index (χ1n) is 5.52. The molecule has 0 N–H and O–H groups in total. The van der Waals surface area contributed by atoms with E-state index < -0.39 is 0 Å². The molecule has 15 heavy (non-hydrogen) atoms. The highest BCUT2D eigenvalue weighted by atomic mass is 16.5. The molecule has 0 saturated carbocycles. The molecule has 1 heterocycles. The minimum atomic E-state index is 0.760. The third-order valence-electron chi connectivity index (χ3n) is 2.08. The molecule has 0 aliphatic rings. The van der Waals surface area contributed by atoms with Gasteiger partial charge in [-0.3, -0.25) is 4.68 Å². The molecule has 4 nitrogen and oxygen atoms in total. The van der Waals surface area contributed by atoms with Gasteiger partial charge in [0.1, 0.15) is 0 Å². The maximum absolute atomic E-state index is 5.57. The van der Waals surface area contributed by atoms with Crippen molar-refractivity contribution in [1.82, 2.24) is 14.7 Å². The van der Waals surface area contributed by atoms with Crippen molar-refractivity contribution in [3.8, 4) is 5.75 Å². The largest absolute Gasteiger partial charge is 0.490 e. The van der Waals surface area contributed by atoms with Crippen LogP contribution in [0.1, 0.15) is 19.8 Å². The molecule has 1 aromatic heterocycles. The van der Waals surface area contributed by atoms with E-state index in [0.29, 0.717) is 0 Å².